The topological polar surface area (TPSA) is 108 Å². The summed E-state index contributed by atoms with van der Waals surface area (Å²) in [6.07, 6.45) is -0.185. The van der Waals surface area contributed by atoms with Crippen LogP contribution in [0.1, 0.15) is 31.4 Å². The van der Waals surface area contributed by atoms with Crippen molar-refractivity contribution < 1.29 is 37.7 Å². The molecule has 1 aromatic rings. The largest absolute Gasteiger partial charge is 0.550 e. The number of amides is 2. The number of carboxylic acids is 1. The van der Waals surface area contributed by atoms with Gasteiger partial charge >= 0.3 is 12.0 Å². The van der Waals surface area contributed by atoms with E-state index in [1.165, 1.54) is 18.9 Å². The highest BCUT2D eigenvalue weighted by molar-refractivity contribution is 5.95. The van der Waals surface area contributed by atoms with Gasteiger partial charge < -0.3 is 24.7 Å². The van der Waals surface area contributed by atoms with Crippen LogP contribution >= 0.6 is 0 Å². The van der Waals surface area contributed by atoms with E-state index in [1.54, 1.807) is 0 Å². The molecule has 1 aliphatic heterocycles. The highest BCUT2D eigenvalue weighted by atomic mass is 19.1. The lowest BCUT2D eigenvalue weighted by molar-refractivity contribution is -0.305. The molecule has 158 valence electrons. The first-order valence-corrected chi connectivity index (χ1v) is 8.86. The summed E-state index contributed by atoms with van der Waals surface area (Å²) in [6.45, 7) is 1.54. The second-order valence-corrected chi connectivity index (χ2v) is 6.30. The van der Waals surface area contributed by atoms with Crippen LogP contribution in [0, 0.1) is 11.6 Å². The average Bonchev–Trinajstić information content (AvgIpc) is 2.64. The predicted molar refractivity (Wildman–Crippen MR) is 94.1 cm³/mol. The number of aliphatic carboxylic acids is 1. The van der Waals surface area contributed by atoms with Crippen LogP contribution in [0.3, 0.4) is 0 Å². The summed E-state index contributed by atoms with van der Waals surface area (Å²) < 4.78 is 37.6. The van der Waals surface area contributed by atoms with Gasteiger partial charge in [-0.25, -0.2) is 18.4 Å². The van der Waals surface area contributed by atoms with Gasteiger partial charge in [0, 0.05) is 37.0 Å². The highest BCUT2D eigenvalue weighted by Crippen LogP contribution is 2.33. The van der Waals surface area contributed by atoms with Crippen LogP contribution in [0.5, 0.6) is 0 Å². The van der Waals surface area contributed by atoms with Gasteiger partial charge in [-0.05, 0) is 25.8 Å². The second kappa shape index (κ2) is 9.97. The van der Waals surface area contributed by atoms with E-state index in [-0.39, 0.29) is 49.4 Å². The quantitative estimate of drug-likeness (QED) is 0.480. The molecule has 0 fully saturated rings. The Hall–Kier alpha value is -3.01. The van der Waals surface area contributed by atoms with E-state index in [0.29, 0.717) is 6.07 Å². The second-order valence-electron chi connectivity index (χ2n) is 6.30. The van der Waals surface area contributed by atoms with Crippen molar-refractivity contribution in [3.05, 3.63) is 46.7 Å². The van der Waals surface area contributed by atoms with Crippen molar-refractivity contribution in [2.24, 2.45) is 0 Å². The molecule has 0 aliphatic carbocycles. The van der Waals surface area contributed by atoms with Crippen LogP contribution in [-0.4, -0.2) is 49.7 Å². The van der Waals surface area contributed by atoms with Crippen molar-refractivity contribution in [2.45, 2.75) is 25.8 Å². The number of benzene rings is 1. The maximum Gasteiger partial charge on any atom is 0.338 e. The summed E-state index contributed by atoms with van der Waals surface area (Å²) in [6, 6.07) is 0.951. The van der Waals surface area contributed by atoms with Gasteiger partial charge in [-0.15, -0.1) is 0 Å². The van der Waals surface area contributed by atoms with Gasteiger partial charge in [-0.1, -0.05) is 6.07 Å². The molecule has 29 heavy (non-hydrogen) atoms. The molecule has 0 radical (unpaired) electrons. The summed E-state index contributed by atoms with van der Waals surface area (Å²) in [5.74, 6) is -3.81. The summed E-state index contributed by atoms with van der Waals surface area (Å²) in [4.78, 5) is 37.0. The molecule has 0 spiro atoms. The lowest BCUT2D eigenvalue weighted by Crippen LogP contribution is -2.48. The minimum Gasteiger partial charge on any atom is -0.550 e. The first kappa shape index (κ1) is 22.3. The van der Waals surface area contributed by atoms with E-state index in [9.17, 15) is 28.3 Å². The number of carbonyl (C=O) groups excluding carboxylic acids is 3. The van der Waals surface area contributed by atoms with Gasteiger partial charge in [0.1, 0.15) is 18.2 Å². The molecule has 1 aromatic carbocycles. The number of carbonyl (C=O) groups is 3. The number of allylic oxidation sites excluding steroid dienone is 1. The number of ether oxygens (including phenoxy) is 2. The third kappa shape index (κ3) is 5.50. The Labute approximate surface area is 166 Å². The number of urea groups is 1. The lowest BCUT2D eigenvalue weighted by Gasteiger charge is -2.35. The smallest absolute Gasteiger partial charge is 0.338 e. The Bertz CT molecular complexity index is 827. The molecule has 2 amide bonds. The molecule has 1 heterocycles. The SMILES string of the molecule is COCCOC(=O)C1=C(C)N(CCCC(=O)[O-])C(=O)N[C@@H]1c1ccc(F)cc1F. The number of rotatable bonds is 9. The van der Waals surface area contributed by atoms with Crippen LogP contribution in [0.4, 0.5) is 13.6 Å². The zero-order valence-corrected chi connectivity index (χ0v) is 16.0. The zero-order chi connectivity index (χ0) is 21.6. The van der Waals surface area contributed by atoms with Crippen LogP contribution in [-0.2, 0) is 19.1 Å². The number of hydrogen-bond donors (Lipinski definition) is 1. The lowest BCUT2D eigenvalue weighted by atomic mass is 9.94. The molecule has 1 N–H and O–H groups in total. The van der Waals surface area contributed by atoms with Crippen molar-refractivity contribution in [2.75, 3.05) is 26.9 Å². The number of methoxy groups -OCH3 is 1. The minimum absolute atomic E-state index is 0.000875. The molecule has 8 nitrogen and oxygen atoms in total. The zero-order valence-electron chi connectivity index (χ0n) is 16.0. The molecular weight excluding hydrogens is 390 g/mol. The minimum atomic E-state index is -1.27. The van der Waals surface area contributed by atoms with Gasteiger partial charge in [-0.3, -0.25) is 4.90 Å². The van der Waals surface area contributed by atoms with E-state index in [1.807, 2.05) is 0 Å². The van der Waals surface area contributed by atoms with Gasteiger partial charge in [0.25, 0.3) is 0 Å². The van der Waals surface area contributed by atoms with Crippen LogP contribution in [0.25, 0.3) is 0 Å². The maximum atomic E-state index is 14.3. The number of hydrogen-bond acceptors (Lipinski definition) is 6. The van der Waals surface area contributed by atoms with E-state index >= 15 is 0 Å². The van der Waals surface area contributed by atoms with E-state index in [0.717, 1.165) is 12.1 Å². The summed E-state index contributed by atoms with van der Waals surface area (Å²) in [5, 5.41) is 13.1. The third-order valence-corrected chi connectivity index (χ3v) is 4.37. The van der Waals surface area contributed by atoms with Gasteiger partial charge in [0.05, 0.1) is 18.2 Å². The molecule has 10 heteroatoms. The molecule has 0 unspecified atom stereocenters. The average molecular weight is 411 g/mol. The summed E-state index contributed by atoms with van der Waals surface area (Å²) in [5.41, 5.74) is 0.0371. The Morgan fingerprint density at radius 1 is 1.28 bits per heavy atom. The molecule has 1 aliphatic rings. The first-order valence-electron chi connectivity index (χ1n) is 8.86. The molecule has 0 aromatic heterocycles. The molecule has 0 saturated carbocycles. The summed E-state index contributed by atoms with van der Waals surface area (Å²) >= 11 is 0. The number of nitrogens with one attached hydrogen (secondary N) is 1. The van der Waals surface area contributed by atoms with Crippen molar-refractivity contribution in [3.63, 3.8) is 0 Å². The Morgan fingerprint density at radius 3 is 2.62 bits per heavy atom. The number of esters is 1. The standard InChI is InChI=1S/C19H22F2N2O6/c1-11-16(18(26)29-9-8-28-2)17(13-6-5-12(20)10-14(13)21)22-19(27)23(11)7-3-4-15(24)25/h5-6,10,17H,3-4,7-9H2,1-2H3,(H,22,27)(H,24,25)/p-1/t17-/m1/s1. The predicted octanol–water partition coefficient (Wildman–Crippen LogP) is 1.02. The fraction of sp³-hybridized carbons (Fsp3) is 0.421. The van der Waals surface area contributed by atoms with Crippen LogP contribution in [0.15, 0.2) is 29.5 Å². The Morgan fingerprint density at radius 2 is 2.00 bits per heavy atom. The fourth-order valence-electron chi connectivity index (χ4n) is 2.96. The first-order chi connectivity index (χ1) is 13.8. The van der Waals surface area contributed by atoms with Crippen molar-refractivity contribution in [1.82, 2.24) is 10.2 Å². The summed E-state index contributed by atoms with van der Waals surface area (Å²) in [7, 11) is 1.43. The number of nitrogens with zero attached hydrogens (tertiary/aromatic N) is 1. The van der Waals surface area contributed by atoms with Gasteiger partial charge in [0.2, 0.25) is 0 Å². The number of carboxylic acid groups (broad SMARTS) is 1. The molecule has 0 bridgehead atoms. The van der Waals surface area contributed by atoms with E-state index < -0.39 is 35.6 Å². The number of halogens is 2. The molecule has 1 atom stereocenters. The van der Waals surface area contributed by atoms with Crippen LogP contribution in [0.2, 0.25) is 0 Å². The Balaban J connectivity index is 2.41. The van der Waals surface area contributed by atoms with Crippen LogP contribution < -0.4 is 10.4 Å². The normalized spacial score (nSPS) is 16.6. The Kier molecular flexibility index (Phi) is 7.66. The van der Waals surface area contributed by atoms with Gasteiger partial charge in [0.15, 0.2) is 0 Å². The van der Waals surface area contributed by atoms with Crippen molar-refractivity contribution in [1.29, 1.82) is 0 Å². The highest BCUT2D eigenvalue weighted by Gasteiger charge is 2.37. The maximum absolute atomic E-state index is 14.3. The van der Waals surface area contributed by atoms with Crippen molar-refractivity contribution in [3.8, 4) is 0 Å². The van der Waals surface area contributed by atoms with E-state index in [2.05, 4.69) is 5.32 Å². The molecular formula is C19H21F2N2O6-. The third-order valence-electron chi connectivity index (χ3n) is 4.37. The van der Waals surface area contributed by atoms with E-state index in [4.69, 9.17) is 9.47 Å². The van der Waals surface area contributed by atoms with Crippen molar-refractivity contribution >= 4 is 18.0 Å². The van der Waals surface area contributed by atoms with Gasteiger partial charge in [-0.2, -0.15) is 0 Å². The monoisotopic (exact) mass is 411 g/mol. The fourth-order valence-corrected chi connectivity index (χ4v) is 2.96. The molecule has 0 saturated heterocycles. The molecule has 2 rings (SSSR count).